The summed E-state index contributed by atoms with van der Waals surface area (Å²) in [7, 11) is 2.02. The standard InChI is InChI=1S/C14H20N2O2/c1-15(9-8-14(17)18)13-7-10-16(11-13)12-5-3-2-4-6-12/h2-6,13H,7-11H2,1H3,(H,17,18). The van der Waals surface area contributed by atoms with E-state index in [4.69, 9.17) is 5.11 Å². The van der Waals surface area contributed by atoms with Crippen LogP contribution in [0.1, 0.15) is 12.8 Å². The molecule has 98 valence electrons. The summed E-state index contributed by atoms with van der Waals surface area (Å²) in [6.07, 6.45) is 1.32. The summed E-state index contributed by atoms with van der Waals surface area (Å²) in [6.45, 7) is 2.66. The van der Waals surface area contributed by atoms with Gasteiger partial charge in [0.1, 0.15) is 0 Å². The van der Waals surface area contributed by atoms with E-state index >= 15 is 0 Å². The van der Waals surface area contributed by atoms with Crippen LogP contribution in [0.3, 0.4) is 0 Å². The Hall–Kier alpha value is -1.55. The molecule has 18 heavy (non-hydrogen) atoms. The molecule has 1 aliphatic heterocycles. The lowest BCUT2D eigenvalue weighted by Gasteiger charge is -2.24. The van der Waals surface area contributed by atoms with Gasteiger partial charge in [-0.15, -0.1) is 0 Å². The van der Waals surface area contributed by atoms with Crippen molar-refractivity contribution in [2.45, 2.75) is 18.9 Å². The highest BCUT2D eigenvalue weighted by atomic mass is 16.4. The maximum atomic E-state index is 10.6. The highest BCUT2D eigenvalue weighted by Gasteiger charge is 2.25. The fraction of sp³-hybridized carbons (Fsp3) is 0.500. The summed E-state index contributed by atoms with van der Waals surface area (Å²) in [6, 6.07) is 10.8. The van der Waals surface area contributed by atoms with Crippen LogP contribution in [0.2, 0.25) is 0 Å². The molecule has 1 aromatic carbocycles. The predicted molar refractivity (Wildman–Crippen MR) is 71.9 cm³/mol. The highest BCUT2D eigenvalue weighted by molar-refractivity contribution is 5.66. The van der Waals surface area contributed by atoms with Gasteiger partial charge in [0.05, 0.1) is 6.42 Å². The summed E-state index contributed by atoms with van der Waals surface area (Å²) in [5.74, 6) is -0.722. The molecule has 0 aromatic heterocycles. The fourth-order valence-corrected chi connectivity index (χ4v) is 2.43. The van der Waals surface area contributed by atoms with Crippen LogP contribution in [-0.2, 0) is 4.79 Å². The molecule has 0 saturated carbocycles. The van der Waals surface area contributed by atoms with E-state index in [1.807, 2.05) is 13.1 Å². The smallest absolute Gasteiger partial charge is 0.304 e. The third-order valence-corrected chi connectivity index (χ3v) is 3.59. The lowest BCUT2D eigenvalue weighted by Crippen LogP contribution is -2.35. The number of anilines is 1. The van der Waals surface area contributed by atoms with Crippen molar-refractivity contribution in [3.63, 3.8) is 0 Å². The second kappa shape index (κ2) is 5.87. The average molecular weight is 248 g/mol. The molecular weight excluding hydrogens is 228 g/mol. The van der Waals surface area contributed by atoms with Crippen LogP contribution < -0.4 is 4.90 Å². The van der Waals surface area contributed by atoms with E-state index < -0.39 is 5.97 Å². The van der Waals surface area contributed by atoms with Gasteiger partial charge in [-0.2, -0.15) is 0 Å². The lowest BCUT2D eigenvalue weighted by atomic mass is 10.2. The second-order valence-electron chi connectivity index (χ2n) is 4.85. The average Bonchev–Trinajstić information content (AvgIpc) is 2.86. The van der Waals surface area contributed by atoms with Gasteiger partial charge < -0.3 is 14.9 Å². The Kier molecular flexibility index (Phi) is 4.20. The zero-order valence-corrected chi connectivity index (χ0v) is 10.7. The second-order valence-corrected chi connectivity index (χ2v) is 4.85. The van der Waals surface area contributed by atoms with Crippen molar-refractivity contribution in [2.75, 3.05) is 31.6 Å². The van der Waals surface area contributed by atoms with Gasteiger partial charge in [0.25, 0.3) is 0 Å². The largest absolute Gasteiger partial charge is 0.481 e. The van der Waals surface area contributed by atoms with Gasteiger partial charge >= 0.3 is 5.97 Å². The Balaban J connectivity index is 1.86. The monoisotopic (exact) mass is 248 g/mol. The van der Waals surface area contributed by atoms with E-state index in [-0.39, 0.29) is 6.42 Å². The first kappa shape index (κ1) is 12.9. The zero-order valence-electron chi connectivity index (χ0n) is 10.7. The minimum atomic E-state index is -0.722. The summed E-state index contributed by atoms with van der Waals surface area (Å²) in [4.78, 5) is 15.1. The van der Waals surface area contributed by atoms with Crippen LogP contribution in [0.25, 0.3) is 0 Å². The van der Waals surface area contributed by atoms with Crippen molar-refractivity contribution in [1.29, 1.82) is 0 Å². The van der Waals surface area contributed by atoms with E-state index in [9.17, 15) is 4.79 Å². The van der Waals surface area contributed by atoms with Crippen molar-refractivity contribution >= 4 is 11.7 Å². The maximum Gasteiger partial charge on any atom is 0.304 e. The number of carboxylic acid groups (broad SMARTS) is 1. The van der Waals surface area contributed by atoms with Crippen LogP contribution in [0.5, 0.6) is 0 Å². The molecule has 0 aliphatic carbocycles. The Bertz CT molecular complexity index is 394. The molecule has 0 amide bonds. The van der Waals surface area contributed by atoms with Crippen LogP contribution in [0.4, 0.5) is 5.69 Å². The molecule has 0 bridgehead atoms. The zero-order chi connectivity index (χ0) is 13.0. The Morgan fingerprint density at radius 1 is 1.44 bits per heavy atom. The van der Waals surface area contributed by atoms with Gasteiger partial charge in [-0.05, 0) is 25.6 Å². The van der Waals surface area contributed by atoms with Gasteiger partial charge in [0, 0.05) is 31.4 Å². The number of benzene rings is 1. The molecule has 1 aliphatic rings. The van der Waals surface area contributed by atoms with Crippen molar-refractivity contribution < 1.29 is 9.90 Å². The Morgan fingerprint density at radius 3 is 2.83 bits per heavy atom. The van der Waals surface area contributed by atoms with Crippen LogP contribution in [0.15, 0.2) is 30.3 Å². The molecule has 1 N–H and O–H groups in total. The molecule has 1 unspecified atom stereocenters. The van der Waals surface area contributed by atoms with Crippen LogP contribution >= 0.6 is 0 Å². The number of hydrogen-bond donors (Lipinski definition) is 1. The predicted octanol–water partition coefficient (Wildman–Crippen LogP) is 1.67. The quantitative estimate of drug-likeness (QED) is 0.861. The van der Waals surface area contributed by atoms with Crippen molar-refractivity contribution in [2.24, 2.45) is 0 Å². The molecule has 1 saturated heterocycles. The van der Waals surface area contributed by atoms with E-state index in [2.05, 4.69) is 34.1 Å². The molecular formula is C14H20N2O2. The summed E-state index contributed by atoms with van der Waals surface area (Å²) < 4.78 is 0. The molecule has 0 spiro atoms. The number of carbonyl (C=O) groups is 1. The van der Waals surface area contributed by atoms with Gasteiger partial charge in [0.15, 0.2) is 0 Å². The number of nitrogens with zero attached hydrogens (tertiary/aromatic N) is 2. The molecule has 4 heteroatoms. The molecule has 0 radical (unpaired) electrons. The van der Waals surface area contributed by atoms with Gasteiger partial charge in [-0.1, -0.05) is 18.2 Å². The third kappa shape index (κ3) is 3.23. The fourth-order valence-electron chi connectivity index (χ4n) is 2.43. The van der Waals surface area contributed by atoms with E-state index in [0.29, 0.717) is 12.6 Å². The van der Waals surface area contributed by atoms with E-state index in [1.54, 1.807) is 0 Å². The molecule has 1 aromatic rings. The molecule has 1 fully saturated rings. The van der Waals surface area contributed by atoms with E-state index in [1.165, 1.54) is 5.69 Å². The normalized spacial score (nSPS) is 19.4. The van der Waals surface area contributed by atoms with Crippen molar-refractivity contribution in [1.82, 2.24) is 4.90 Å². The topological polar surface area (TPSA) is 43.8 Å². The number of aliphatic carboxylic acids is 1. The summed E-state index contributed by atoms with van der Waals surface area (Å²) in [5.41, 5.74) is 1.26. The lowest BCUT2D eigenvalue weighted by molar-refractivity contribution is -0.137. The first-order valence-electron chi connectivity index (χ1n) is 6.39. The Labute approximate surface area is 108 Å². The molecule has 1 heterocycles. The summed E-state index contributed by atoms with van der Waals surface area (Å²) in [5, 5.41) is 8.70. The first-order chi connectivity index (χ1) is 8.66. The number of para-hydroxylation sites is 1. The highest BCUT2D eigenvalue weighted by Crippen LogP contribution is 2.22. The number of rotatable bonds is 5. The van der Waals surface area contributed by atoms with Gasteiger partial charge in [-0.25, -0.2) is 0 Å². The number of carboxylic acids is 1. The van der Waals surface area contributed by atoms with Crippen LogP contribution in [-0.4, -0.2) is 48.7 Å². The van der Waals surface area contributed by atoms with Crippen molar-refractivity contribution in [3.05, 3.63) is 30.3 Å². The number of likely N-dealkylation sites (N-methyl/N-ethyl adjacent to an activating group) is 1. The summed E-state index contributed by atoms with van der Waals surface area (Å²) >= 11 is 0. The van der Waals surface area contributed by atoms with Crippen LogP contribution in [0, 0.1) is 0 Å². The minimum Gasteiger partial charge on any atom is -0.481 e. The van der Waals surface area contributed by atoms with E-state index in [0.717, 1.165) is 19.5 Å². The minimum absolute atomic E-state index is 0.221. The number of hydrogen-bond acceptors (Lipinski definition) is 3. The third-order valence-electron chi connectivity index (χ3n) is 3.59. The maximum absolute atomic E-state index is 10.6. The molecule has 2 rings (SSSR count). The molecule has 4 nitrogen and oxygen atoms in total. The first-order valence-corrected chi connectivity index (χ1v) is 6.39. The van der Waals surface area contributed by atoms with Gasteiger partial charge in [-0.3, -0.25) is 4.79 Å². The van der Waals surface area contributed by atoms with Gasteiger partial charge in [0.2, 0.25) is 0 Å². The Morgan fingerprint density at radius 2 is 2.17 bits per heavy atom. The van der Waals surface area contributed by atoms with Crippen molar-refractivity contribution in [3.8, 4) is 0 Å². The molecule has 1 atom stereocenters. The SMILES string of the molecule is CN(CCC(=O)O)C1CCN(c2ccccc2)C1.